The molecule has 0 atom stereocenters. The fraction of sp³-hybridized carbons (Fsp3) is 0.125. The van der Waals surface area contributed by atoms with E-state index >= 15 is 0 Å². The number of hydrogen-bond donors (Lipinski definition) is 2. The number of tetrazole rings is 1. The van der Waals surface area contributed by atoms with Crippen molar-refractivity contribution in [1.82, 2.24) is 20.6 Å². The molecule has 2 N–H and O–H groups in total. The number of aromatic nitrogens is 4. The Balaban J connectivity index is 1.86. The van der Waals surface area contributed by atoms with Gasteiger partial charge < -0.3 is 9.84 Å². The summed E-state index contributed by atoms with van der Waals surface area (Å²) < 4.78 is 5.36. The standard InChI is InChI=1S/C16H15N5O2/c1-2-23-14-8-4-6-12(15(14)22)10-17-13-7-3-5-11(9-13)16-18-20-21-19-16/h3-10,22H,2H2,1H3,(H,18,19,20,21). The second kappa shape index (κ2) is 6.69. The largest absolute Gasteiger partial charge is 0.504 e. The summed E-state index contributed by atoms with van der Waals surface area (Å²) in [5, 5.41) is 24.0. The monoisotopic (exact) mass is 309 g/mol. The number of aromatic hydroxyl groups is 1. The number of rotatable bonds is 5. The Morgan fingerprint density at radius 3 is 2.91 bits per heavy atom. The van der Waals surface area contributed by atoms with Gasteiger partial charge in [-0.25, -0.2) is 0 Å². The van der Waals surface area contributed by atoms with E-state index in [0.29, 0.717) is 29.4 Å². The van der Waals surface area contributed by atoms with Gasteiger partial charge in [-0.05, 0) is 36.4 Å². The quantitative estimate of drug-likeness (QED) is 0.706. The van der Waals surface area contributed by atoms with E-state index in [1.807, 2.05) is 37.3 Å². The Labute approximate surface area is 132 Å². The molecular weight excluding hydrogens is 294 g/mol. The average Bonchev–Trinajstić information content (AvgIpc) is 3.11. The minimum absolute atomic E-state index is 0.0763. The first-order valence-electron chi connectivity index (χ1n) is 7.10. The maximum absolute atomic E-state index is 10.2. The lowest BCUT2D eigenvalue weighted by molar-refractivity contribution is 0.318. The van der Waals surface area contributed by atoms with E-state index in [1.54, 1.807) is 18.3 Å². The fourth-order valence-corrected chi connectivity index (χ4v) is 2.07. The van der Waals surface area contributed by atoms with Gasteiger partial charge in [0.25, 0.3) is 0 Å². The molecule has 0 aliphatic heterocycles. The van der Waals surface area contributed by atoms with Crippen LogP contribution in [-0.2, 0) is 0 Å². The minimum Gasteiger partial charge on any atom is -0.504 e. The molecular formula is C16H15N5O2. The van der Waals surface area contributed by atoms with Crippen molar-refractivity contribution < 1.29 is 9.84 Å². The number of nitrogens with one attached hydrogen (secondary N) is 1. The van der Waals surface area contributed by atoms with E-state index in [4.69, 9.17) is 4.74 Å². The van der Waals surface area contributed by atoms with Crippen LogP contribution in [0.5, 0.6) is 11.5 Å². The fourth-order valence-electron chi connectivity index (χ4n) is 2.07. The Kier molecular flexibility index (Phi) is 4.28. The van der Waals surface area contributed by atoms with E-state index in [2.05, 4.69) is 25.6 Å². The highest BCUT2D eigenvalue weighted by Gasteiger charge is 2.06. The molecule has 7 nitrogen and oxygen atoms in total. The zero-order chi connectivity index (χ0) is 16.1. The van der Waals surface area contributed by atoms with Crippen molar-refractivity contribution in [2.24, 2.45) is 4.99 Å². The average molecular weight is 309 g/mol. The van der Waals surface area contributed by atoms with Gasteiger partial charge in [0.05, 0.1) is 12.3 Å². The lowest BCUT2D eigenvalue weighted by Crippen LogP contribution is -1.93. The Bertz CT molecular complexity index is 815. The molecule has 0 saturated heterocycles. The van der Waals surface area contributed by atoms with Gasteiger partial charge in [-0.2, -0.15) is 5.21 Å². The van der Waals surface area contributed by atoms with Gasteiger partial charge in [0.15, 0.2) is 11.5 Å². The first kappa shape index (κ1) is 14.7. The van der Waals surface area contributed by atoms with Crippen LogP contribution in [0.2, 0.25) is 0 Å². The van der Waals surface area contributed by atoms with Crippen LogP contribution in [-0.4, -0.2) is 38.6 Å². The van der Waals surface area contributed by atoms with Gasteiger partial charge in [-0.3, -0.25) is 4.99 Å². The molecule has 2 aromatic carbocycles. The molecule has 23 heavy (non-hydrogen) atoms. The van der Waals surface area contributed by atoms with Crippen LogP contribution in [0.3, 0.4) is 0 Å². The highest BCUT2D eigenvalue weighted by molar-refractivity contribution is 5.86. The van der Waals surface area contributed by atoms with Crippen molar-refractivity contribution in [3.8, 4) is 22.9 Å². The molecule has 0 aliphatic carbocycles. The van der Waals surface area contributed by atoms with E-state index < -0.39 is 0 Å². The lowest BCUT2D eigenvalue weighted by Gasteiger charge is -2.07. The number of hydrogen-bond acceptors (Lipinski definition) is 6. The molecule has 0 amide bonds. The van der Waals surface area contributed by atoms with Crippen LogP contribution < -0.4 is 4.74 Å². The smallest absolute Gasteiger partial charge is 0.204 e. The van der Waals surface area contributed by atoms with Crippen molar-refractivity contribution in [3.63, 3.8) is 0 Å². The molecule has 0 bridgehead atoms. The van der Waals surface area contributed by atoms with Crippen LogP contribution >= 0.6 is 0 Å². The Hall–Kier alpha value is -3.22. The Morgan fingerprint density at radius 1 is 1.26 bits per heavy atom. The maximum atomic E-state index is 10.2. The second-order valence-corrected chi connectivity index (χ2v) is 4.67. The number of H-pyrrole nitrogens is 1. The summed E-state index contributed by atoms with van der Waals surface area (Å²) in [7, 11) is 0. The molecule has 0 radical (unpaired) electrons. The Morgan fingerprint density at radius 2 is 2.13 bits per heavy atom. The van der Waals surface area contributed by atoms with Crippen LogP contribution in [0.25, 0.3) is 11.4 Å². The van der Waals surface area contributed by atoms with Crippen LogP contribution in [0.15, 0.2) is 47.5 Å². The normalized spacial score (nSPS) is 11.0. The summed E-state index contributed by atoms with van der Waals surface area (Å²) in [6.45, 7) is 2.35. The predicted octanol–water partition coefficient (Wildman–Crippen LogP) is 2.72. The van der Waals surface area contributed by atoms with E-state index in [1.165, 1.54) is 0 Å². The van der Waals surface area contributed by atoms with Gasteiger partial charge in [0, 0.05) is 17.3 Å². The second-order valence-electron chi connectivity index (χ2n) is 4.67. The summed E-state index contributed by atoms with van der Waals surface area (Å²) in [6.07, 6.45) is 1.59. The minimum atomic E-state index is 0.0763. The highest BCUT2D eigenvalue weighted by Crippen LogP contribution is 2.29. The third-order valence-corrected chi connectivity index (χ3v) is 3.13. The summed E-state index contributed by atoms with van der Waals surface area (Å²) in [5.74, 6) is 1.02. The summed E-state index contributed by atoms with van der Waals surface area (Å²) in [4.78, 5) is 4.38. The van der Waals surface area contributed by atoms with Crippen LogP contribution in [0, 0.1) is 0 Å². The summed E-state index contributed by atoms with van der Waals surface area (Å²) in [6, 6.07) is 12.7. The summed E-state index contributed by atoms with van der Waals surface area (Å²) in [5.41, 5.74) is 2.11. The zero-order valence-corrected chi connectivity index (χ0v) is 12.5. The molecule has 116 valence electrons. The molecule has 3 aromatic rings. The van der Waals surface area contributed by atoms with Gasteiger partial charge in [0.2, 0.25) is 5.82 Å². The van der Waals surface area contributed by atoms with Crippen LogP contribution in [0.1, 0.15) is 12.5 Å². The highest BCUT2D eigenvalue weighted by atomic mass is 16.5. The van der Waals surface area contributed by atoms with Crippen molar-refractivity contribution in [1.29, 1.82) is 0 Å². The van der Waals surface area contributed by atoms with Gasteiger partial charge in [0.1, 0.15) is 0 Å². The van der Waals surface area contributed by atoms with Gasteiger partial charge in [-0.15, -0.1) is 10.2 Å². The van der Waals surface area contributed by atoms with Gasteiger partial charge in [-0.1, -0.05) is 18.2 Å². The molecule has 1 heterocycles. The third kappa shape index (κ3) is 3.34. The van der Waals surface area contributed by atoms with Crippen molar-refractivity contribution >= 4 is 11.9 Å². The lowest BCUT2D eigenvalue weighted by atomic mass is 10.2. The number of phenols is 1. The van der Waals surface area contributed by atoms with Crippen LogP contribution in [0.4, 0.5) is 5.69 Å². The topological polar surface area (TPSA) is 96.3 Å². The van der Waals surface area contributed by atoms with E-state index in [-0.39, 0.29) is 5.75 Å². The molecule has 0 spiro atoms. The number of nitrogens with zero attached hydrogens (tertiary/aromatic N) is 4. The molecule has 1 aromatic heterocycles. The van der Waals surface area contributed by atoms with E-state index in [0.717, 1.165) is 5.56 Å². The summed E-state index contributed by atoms with van der Waals surface area (Å²) >= 11 is 0. The molecule has 0 aliphatic rings. The number of aliphatic imine (C=N–C) groups is 1. The number of benzene rings is 2. The van der Waals surface area contributed by atoms with E-state index in [9.17, 15) is 5.11 Å². The third-order valence-electron chi connectivity index (χ3n) is 3.13. The van der Waals surface area contributed by atoms with Gasteiger partial charge >= 0.3 is 0 Å². The van der Waals surface area contributed by atoms with Crippen molar-refractivity contribution in [2.45, 2.75) is 6.92 Å². The number of para-hydroxylation sites is 1. The van der Waals surface area contributed by atoms with Crippen molar-refractivity contribution in [3.05, 3.63) is 48.0 Å². The zero-order valence-electron chi connectivity index (χ0n) is 12.5. The first-order valence-corrected chi connectivity index (χ1v) is 7.10. The predicted molar refractivity (Wildman–Crippen MR) is 86.1 cm³/mol. The molecule has 7 heteroatoms. The molecule has 0 saturated carbocycles. The number of phenolic OH excluding ortho intramolecular Hbond substituents is 1. The number of aromatic amines is 1. The van der Waals surface area contributed by atoms with Crippen molar-refractivity contribution in [2.75, 3.05) is 6.61 Å². The first-order chi connectivity index (χ1) is 11.3. The molecule has 3 rings (SSSR count). The number of ether oxygens (including phenoxy) is 1. The molecule has 0 fully saturated rings. The molecule has 0 unspecified atom stereocenters. The SMILES string of the molecule is CCOc1cccc(C=Nc2cccc(-c3nn[nH]n3)c2)c1O. The maximum Gasteiger partial charge on any atom is 0.204 e.